The van der Waals surface area contributed by atoms with Crippen molar-refractivity contribution in [2.45, 2.75) is 19.4 Å². The fourth-order valence-electron chi connectivity index (χ4n) is 2.07. The molecule has 0 heterocycles. The zero-order valence-corrected chi connectivity index (χ0v) is 13.4. The van der Waals surface area contributed by atoms with E-state index in [0.717, 1.165) is 11.3 Å². The Bertz CT molecular complexity index is 596. The van der Waals surface area contributed by atoms with Crippen LogP contribution >= 0.6 is 22.6 Å². The van der Waals surface area contributed by atoms with Gasteiger partial charge < -0.3 is 11.1 Å². The highest BCUT2D eigenvalue weighted by Crippen LogP contribution is 2.23. The van der Waals surface area contributed by atoms with Crippen LogP contribution in [0.25, 0.3) is 0 Å². The van der Waals surface area contributed by atoms with Crippen LogP contribution in [0.3, 0.4) is 0 Å². The van der Waals surface area contributed by atoms with Gasteiger partial charge in [-0.25, -0.2) is 0 Å². The largest absolute Gasteiger partial charge is 0.378 e. The Balaban J connectivity index is 2.17. The van der Waals surface area contributed by atoms with Crippen molar-refractivity contribution >= 4 is 34.2 Å². The van der Waals surface area contributed by atoms with E-state index < -0.39 is 0 Å². The SMILES string of the molecule is CC(Nc1ccccc1CC(N)=O)c1ccc(I)cc1. The highest BCUT2D eigenvalue weighted by molar-refractivity contribution is 14.1. The Labute approximate surface area is 132 Å². The monoisotopic (exact) mass is 380 g/mol. The number of halogens is 1. The number of hydrogen-bond acceptors (Lipinski definition) is 2. The first-order valence-corrected chi connectivity index (χ1v) is 7.52. The van der Waals surface area contributed by atoms with Crippen LogP contribution in [0.2, 0.25) is 0 Å². The van der Waals surface area contributed by atoms with E-state index in [1.807, 2.05) is 24.3 Å². The lowest BCUT2D eigenvalue weighted by Gasteiger charge is -2.18. The summed E-state index contributed by atoms with van der Waals surface area (Å²) < 4.78 is 1.22. The summed E-state index contributed by atoms with van der Waals surface area (Å²) in [5.74, 6) is -0.318. The number of rotatable bonds is 5. The van der Waals surface area contributed by atoms with Gasteiger partial charge in [0.05, 0.1) is 6.42 Å². The Morgan fingerprint density at radius 2 is 1.85 bits per heavy atom. The molecule has 0 aliphatic heterocycles. The number of carbonyl (C=O) groups is 1. The Hall–Kier alpha value is -1.56. The number of amides is 1. The second-order valence-electron chi connectivity index (χ2n) is 4.72. The maximum absolute atomic E-state index is 11.1. The molecule has 1 unspecified atom stereocenters. The quantitative estimate of drug-likeness (QED) is 0.781. The first-order chi connectivity index (χ1) is 9.56. The van der Waals surface area contributed by atoms with Gasteiger partial charge in [0.2, 0.25) is 5.91 Å². The fraction of sp³-hybridized carbons (Fsp3) is 0.188. The molecule has 0 aliphatic rings. The van der Waals surface area contributed by atoms with Gasteiger partial charge in [-0.15, -0.1) is 0 Å². The van der Waals surface area contributed by atoms with Gasteiger partial charge in [0.15, 0.2) is 0 Å². The van der Waals surface area contributed by atoms with Gasteiger partial charge in [0.25, 0.3) is 0 Å². The highest BCUT2D eigenvalue weighted by Gasteiger charge is 2.09. The fourth-order valence-corrected chi connectivity index (χ4v) is 2.43. The summed E-state index contributed by atoms with van der Waals surface area (Å²) in [6.45, 7) is 2.10. The number of nitrogens with one attached hydrogen (secondary N) is 1. The van der Waals surface area contributed by atoms with E-state index in [1.165, 1.54) is 9.13 Å². The zero-order valence-electron chi connectivity index (χ0n) is 11.3. The molecule has 1 amide bonds. The second kappa shape index (κ2) is 6.74. The number of benzene rings is 2. The smallest absolute Gasteiger partial charge is 0.221 e. The molecule has 20 heavy (non-hydrogen) atoms. The topological polar surface area (TPSA) is 55.1 Å². The third kappa shape index (κ3) is 3.96. The number of nitrogens with two attached hydrogens (primary N) is 1. The molecule has 0 radical (unpaired) electrons. The first kappa shape index (κ1) is 14.8. The van der Waals surface area contributed by atoms with Gasteiger partial charge in [0.1, 0.15) is 0 Å². The number of hydrogen-bond donors (Lipinski definition) is 2. The van der Waals surface area contributed by atoms with Crippen molar-refractivity contribution in [3.05, 3.63) is 63.2 Å². The van der Waals surface area contributed by atoms with Crippen molar-refractivity contribution in [1.29, 1.82) is 0 Å². The molecule has 0 aliphatic carbocycles. The molecule has 0 saturated heterocycles. The normalized spacial score (nSPS) is 11.9. The number of para-hydroxylation sites is 1. The summed E-state index contributed by atoms with van der Waals surface area (Å²) in [4.78, 5) is 11.1. The maximum atomic E-state index is 11.1. The van der Waals surface area contributed by atoms with Gasteiger partial charge >= 0.3 is 0 Å². The molecule has 0 fully saturated rings. The molecule has 0 spiro atoms. The van der Waals surface area contributed by atoms with Crippen molar-refractivity contribution in [3.8, 4) is 0 Å². The van der Waals surface area contributed by atoms with E-state index in [2.05, 4.69) is 59.1 Å². The average molecular weight is 380 g/mol. The summed E-state index contributed by atoms with van der Waals surface area (Å²) in [7, 11) is 0. The van der Waals surface area contributed by atoms with Crippen LogP contribution in [-0.4, -0.2) is 5.91 Å². The molecule has 0 aromatic heterocycles. The summed E-state index contributed by atoms with van der Waals surface area (Å²) in [6, 6.07) is 16.3. The molecule has 2 rings (SSSR count). The molecule has 3 nitrogen and oxygen atoms in total. The lowest BCUT2D eigenvalue weighted by molar-refractivity contribution is -0.117. The third-order valence-electron chi connectivity index (χ3n) is 3.12. The number of anilines is 1. The minimum Gasteiger partial charge on any atom is -0.378 e. The van der Waals surface area contributed by atoms with E-state index in [0.29, 0.717) is 0 Å². The third-order valence-corrected chi connectivity index (χ3v) is 3.84. The van der Waals surface area contributed by atoms with Gasteiger partial charge in [-0.3, -0.25) is 4.79 Å². The van der Waals surface area contributed by atoms with Crippen molar-refractivity contribution in [3.63, 3.8) is 0 Å². The van der Waals surface area contributed by atoms with Crippen LogP contribution in [0.15, 0.2) is 48.5 Å². The van der Waals surface area contributed by atoms with Crippen LogP contribution < -0.4 is 11.1 Å². The maximum Gasteiger partial charge on any atom is 0.221 e. The second-order valence-corrected chi connectivity index (χ2v) is 5.96. The van der Waals surface area contributed by atoms with Crippen molar-refractivity contribution in [2.24, 2.45) is 5.73 Å². The van der Waals surface area contributed by atoms with Gasteiger partial charge in [-0.05, 0) is 58.8 Å². The average Bonchev–Trinajstić information content (AvgIpc) is 2.41. The lowest BCUT2D eigenvalue weighted by atomic mass is 10.1. The predicted octanol–water partition coefficient (Wildman–Crippen LogP) is 3.49. The molecule has 2 aromatic rings. The van der Waals surface area contributed by atoms with Gasteiger partial charge in [-0.1, -0.05) is 30.3 Å². The van der Waals surface area contributed by atoms with E-state index in [1.54, 1.807) is 0 Å². The summed E-state index contributed by atoms with van der Waals surface area (Å²) in [6.07, 6.45) is 0.253. The first-order valence-electron chi connectivity index (χ1n) is 6.44. The molecular formula is C16H17IN2O. The van der Waals surface area contributed by atoms with E-state index in [4.69, 9.17) is 5.73 Å². The molecule has 104 valence electrons. The molecule has 0 saturated carbocycles. The van der Waals surface area contributed by atoms with E-state index >= 15 is 0 Å². The lowest BCUT2D eigenvalue weighted by Crippen LogP contribution is -2.16. The predicted molar refractivity (Wildman–Crippen MR) is 90.5 cm³/mol. The molecule has 0 bridgehead atoms. The minimum atomic E-state index is -0.318. The summed E-state index contributed by atoms with van der Waals surface area (Å²) in [5.41, 5.74) is 8.38. The molecule has 1 atom stereocenters. The minimum absolute atomic E-state index is 0.168. The number of carbonyl (C=O) groups excluding carboxylic acids is 1. The van der Waals surface area contributed by atoms with Crippen molar-refractivity contribution < 1.29 is 4.79 Å². The highest BCUT2D eigenvalue weighted by atomic mass is 127. The van der Waals surface area contributed by atoms with Crippen LogP contribution in [0.5, 0.6) is 0 Å². The van der Waals surface area contributed by atoms with E-state index in [9.17, 15) is 4.79 Å². The molecule has 2 aromatic carbocycles. The Morgan fingerprint density at radius 1 is 1.20 bits per heavy atom. The van der Waals surface area contributed by atoms with Crippen molar-refractivity contribution in [2.75, 3.05) is 5.32 Å². The zero-order chi connectivity index (χ0) is 14.5. The van der Waals surface area contributed by atoms with Crippen LogP contribution in [-0.2, 0) is 11.2 Å². The Morgan fingerprint density at radius 3 is 2.50 bits per heavy atom. The Kier molecular flexibility index (Phi) is 5.00. The van der Waals surface area contributed by atoms with Gasteiger partial charge in [0, 0.05) is 15.3 Å². The van der Waals surface area contributed by atoms with Crippen LogP contribution in [0.1, 0.15) is 24.1 Å². The summed E-state index contributed by atoms with van der Waals surface area (Å²) >= 11 is 2.29. The standard InChI is InChI=1S/C16H17IN2O/c1-11(12-6-8-14(17)9-7-12)19-15-5-3-2-4-13(15)10-16(18)20/h2-9,11,19H,10H2,1H3,(H2,18,20). The summed E-state index contributed by atoms with van der Waals surface area (Å²) in [5, 5.41) is 3.44. The van der Waals surface area contributed by atoms with E-state index in [-0.39, 0.29) is 18.4 Å². The molecule has 4 heteroatoms. The molecule has 3 N–H and O–H groups in total. The number of primary amides is 1. The van der Waals surface area contributed by atoms with Gasteiger partial charge in [-0.2, -0.15) is 0 Å². The van der Waals surface area contributed by atoms with Crippen molar-refractivity contribution in [1.82, 2.24) is 0 Å². The van der Waals surface area contributed by atoms with Crippen LogP contribution in [0.4, 0.5) is 5.69 Å². The molecular weight excluding hydrogens is 363 g/mol. The van der Waals surface area contributed by atoms with Crippen LogP contribution in [0, 0.1) is 3.57 Å².